The molecule has 1 saturated heterocycles. The summed E-state index contributed by atoms with van der Waals surface area (Å²) in [5.74, 6) is 0.319. The number of hydrogen-bond acceptors (Lipinski definition) is 4. The van der Waals surface area contributed by atoms with Crippen LogP contribution in [0.5, 0.6) is 0 Å². The summed E-state index contributed by atoms with van der Waals surface area (Å²) in [6, 6.07) is 12.3. The first-order valence-corrected chi connectivity index (χ1v) is 8.08. The molecule has 128 valence electrons. The van der Waals surface area contributed by atoms with Gasteiger partial charge in [-0.3, -0.25) is 14.7 Å². The lowest BCUT2D eigenvalue weighted by molar-refractivity contribution is -0.103. The first-order chi connectivity index (χ1) is 12.2. The fourth-order valence-corrected chi connectivity index (χ4v) is 2.91. The highest BCUT2D eigenvalue weighted by Crippen LogP contribution is 2.30. The maximum Gasteiger partial charge on any atom is 0.205 e. The smallest absolute Gasteiger partial charge is 0.205 e. The fourth-order valence-electron chi connectivity index (χ4n) is 2.80. The standard InChI is InChI=1S/C18H17ClN4O2/c1-20-18-22-10-15(13-7-8-16(19)21-9-13)23(18)17(25)14(11-24)12-5-3-2-4-6-12/h2-9,11,15,25H,10H2,1H3,(H,20,22)/b17-14-. The molecule has 1 unspecified atom stereocenters. The van der Waals surface area contributed by atoms with E-state index in [2.05, 4.69) is 15.3 Å². The molecule has 0 aliphatic carbocycles. The van der Waals surface area contributed by atoms with Gasteiger partial charge >= 0.3 is 0 Å². The van der Waals surface area contributed by atoms with E-state index in [1.54, 1.807) is 36.3 Å². The Labute approximate surface area is 150 Å². The maximum absolute atomic E-state index is 11.7. The number of halogens is 1. The number of carbonyl (C=O) groups excluding carboxylic acids is 1. The van der Waals surface area contributed by atoms with Gasteiger partial charge in [-0.05, 0) is 17.2 Å². The number of aromatic nitrogens is 1. The SMILES string of the molecule is C/N=C1\NCC(c2ccc(Cl)nc2)N1/C(O)=C(\C=O)c1ccccc1. The van der Waals surface area contributed by atoms with Gasteiger partial charge in [0, 0.05) is 19.8 Å². The summed E-state index contributed by atoms with van der Waals surface area (Å²) in [6.07, 6.45) is 2.30. The lowest BCUT2D eigenvalue weighted by atomic mass is 10.1. The van der Waals surface area contributed by atoms with Crippen molar-refractivity contribution in [3.63, 3.8) is 0 Å². The third-order valence-electron chi connectivity index (χ3n) is 4.01. The van der Waals surface area contributed by atoms with Crippen LogP contribution in [0.25, 0.3) is 5.57 Å². The molecular weight excluding hydrogens is 340 g/mol. The number of aliphatic hydroxyl groups excluding tert-OH is 1. The largest absolute Gasteiger partial charge is 0.494 e. The van der Waals surface area contributed by atoms with E-state index >= 15 is 0 Å². The van der Waals surface area contributed by atoms with Gasteiger partial charge in [0.2, 0.25) is 11.8 Å². The van der Waals surface area contributed by atoms with E-state index in [-0.39, 0.29) is 17.5 Å². The number of allylic oxidation sites excluding steroid dienone is 1. The molecule has 7 heteroatoms. The van der Waals surface area contributed by atoms with Crippen LogP contribution in [0.1, 0.15) is 17.2 Å². The van der Waals surface area contributed by atoms with E-state index in [0.29, 0.717) is 29.5 Å². The van der Waals surface area contributed by atoms with Crippen LogP contribution in [0.4, 0.5) is 0 Å². The Balaban J connectivity index is 2.07. The second kappa shape index (κ2) is 7.36. The molecule has 3 rings (SSSR count). The summed E-state index contributed by atoms with van der Waals surface area (Å²) < 4.78 is 0. The lowest BCUT2D eigenvalue weighted by Crippen LogP contribution is -2.31. The van der Waals surface area contributed by atoms with E-state index < -0.39 is 0 Å². The van der Waals surface area contributed by atoms with Gasteiger partial charge in [0.25, 0.3) is 0 Å². The average Bonchev–Trinajstić information content (AvgIpc) is 3.08. The molecule has 6 nitrogen and oxygen atoms in total. The number of aldehydes is 1. The van der Waals surface area contributed by atoms with Crippen LogP contribution >= 0.6 is 11.6 Å². The molecule has 1 atom stereocenters. The van der Waals surface area contributed by atoms with Gasteiger partial charge in [0.1, 0.15) is 5.15 Å². The predicted octanol–water partition coefficient (Wildman–Crippen LogP) is 2.79. The monoisotopic (exact) mass is 356 g/mol. The van der Waals surface area contributed by atoms with Gasteiger partial charge in [-0.1, -0.05) is 48.0 Å². The number of guanidine groups is 1. The summed E-state index contributed by atoms with van der Waals surface area (Å²) >= 11 is 5.86. The van der Waals surface area contributed by atoms with E-state index in [1.807, 2.05) is 24.3 Å². The van der Waals surface area contributed by atoms with E-state index in [4.69, 9.17) is 11.6 Å². The van der Waals surface area contributed by atoms with Crippen LogP contribution in [0.15, 0.2) is 59.5 Å². The zero-order valence-electron chi connectivity index (χ0n) is 13.6. The Morgan fingerprint density at radius 2 is 2.12 bits per heavy atom. The Hall–Kier alpha value is -2.86. The van der Waals surface area contributed by atoms with Gasteiger partial charge in [0.05, 0.1) is 11.6 Å². The first-order valence-electron chi connectivity index (χ1n) is 7.71. The minimum absolute atomic E-state index is 0.160. The molecule has 0 bridgehead atoms. The van der Waals surface area contributed by atoms with Crippen molar-refractivity contribution in [1.29, 1.82) is 0 Å². The molecular formula is C18H17ClN4O2. The fraction of sp³-hybridized carbons (Fsp3) is 0.167. The third-order valence-corrected chi connectivity index (χ3v) is 4.24. The molecule has 0 amide bonds. The highest BCUT2D eigenvalue weighted by atomic mass is 35.5. The van der Waals surface area contributed by atoms with Crippen molar-refractivity contribution in [2.24, 2.45) is 4.99 Å². The molecule has 2 heterocycles. The Morgan fingerprint density at radius 3 is 2.72 bits per heavy atom. The number of aliphatic imine (C=N–C) groups is 1. The Bertz CT molecular complexity index is 819. The van der Waals surface area contributed by atoms with Crippen LogP contribution in [0, 0.1) is 0 Å². The lowest BCUT2D eigenvalue weighted by Gasteiger charge is -2.25. The van der Waals surface area contributed by atoms with Gasteiger partial charge in [-0.2, -0.15) is 0 Å². The van der Waals surface area contributed by atoms with Crippen LogP contribution in [0.3, 0.4) is 0 Å². The number of rotatable bonds is 4. The molecule has 25 heavy (non-hydrogen) atoms. The normalized spacial score (nSPS) is 19.5. The molecule has 1 aromatic carbocycles. The maximum atomic E-state index is 11.7. The van der Waals surface area contributed by atoms with Crippen LogP contribution in [-0.4, -0.2) is 40.8 Å². The summed E-state index contributed by atoms with van der Waals surface area (Å²) in [5.41, 5.74) is 1.67. The molecule has 0 saturated carbocycles. The molecule has 1 aromatic heterocycles. The second-order valence-electron chi connectivity index (χ2n) is 5.45. The Kier molecular flexibility index (Phi) is 5.00. The quantitative estimate of drug-likeness (QED) is 0.381. The van der Waals surface area contributed by atoms with Crippen molar-refractivity contribution in [3.8, 4) is 0 Å². The number of hydrogen-bond donors (Lipinski definition) is 2. The second-order valence-corrected chi connectivity index (χ2v) is 5.84. The minimum Gasteiger partial charge on any atom is -0.494 e. The van der Waals surface area contributed by atoms with Crippen molar-refractivity contribution >= 4 is 29.4 Å². The molecule has 2 N–H and O–H groups in total. The molecule has 1 aliphatic rings. The van der Waals surface area contributed by atoms with Crippen molar-refractivity contribution in [2.45, 2.75) is 6.04 Å². The Morgan fingerprint density at radius 1 is 1.36 bits per heavy atom. The van der Waals surface area contributed by atoms with Crippen LogP contribution < -0.4 is 5.32 Å². The summed E-state index contributed by atoms with van der Waals surface area (Å²) in [5, 5.41) is 14.4. The van der Waals surface area contributed by atoms with Gasteiger partial charge in [-0.25, -0.2) is 4.98 Å². The molecule has 0 radical (unpaired) electrons. The number of nitrogens with one attached hydrogen (secondary N) is 1. The predicted molar refractivity (Wildman–Crippen MR) is 97.2 cm³/mol. The van der Waals surface area contributed by atoms with Crippen molar-refractivity contribution < 1.29 is 9.90 Å². The summed E-state index contributed by atoms with van der Waals surface area (Å²) in [4.78, 5) is 21.5. The highest BCUT2D eigenvalue weighted by Gasteiger charge is 2.34. The van der Waals surface area contributed by atoms with E-state index in [0.717, 1.165) is 5.56 Å². The van der Waals surface area contributed by atoms with Crippen molar-refractivity contribution in [1.82, 2.24) is 15.2 Å². The van der Waals surface area contributed by atoms with E-state index in [1.165, 1.54) is 0 Å². The molecule has 2 aromatic rings. The first kappa shape index (κ1) is 17.0. The number of nitrogens with zero attached hydrogens (tertiary/aromatic N) is 3. The van der Waals surface area contributed by atoms with Gasteiger partial charge in [0.15, 0.2) is 6.29 Å². The van der Waals surface area contributed by atoms with Crippen molar-refractivity contribution in [2.75, 3.05) is 13.6 Å². The average molecular weight is 357 g/mol. The molecule has 0 spiro atoms. The van der Waals surface area contributed by atoms with Crippen LogP contribution in [0.2, 0.25) is 5.15 Å². The zero-order chi connectivity index (χ0) is 17.8. The zero-order valence-corrected chi connectivity index (χ0v) is 14.3. The number of aliphatic hydroxyl groups is 1. The van der Waals surface area contributed by atoms with Crippen LogP contribution in [-0.2, 0) is 4.79 Å². The highest BCUT2D eigenvalue weighted by molar-refractivity contribution is 6.29. The van der Waals surface area contributed by atoms with Gasteiger partial charge < -0.3 is 10.4 Å². The third kappa shape index (κ3) is 3.34. The van der Waals surface area contributed by atoms with Gasteiger partial charge in [-0.15, -0.1) is 0 Å². The number of pyridine rings is 1. The summed E-state index contributed by atoms with van der Waals surface area (Å²) in [6.45, 7) is 0.515. The minimum atomic E-state index is -0.262. The molecule has 1 fully saturated rings. The topological polar surface area (TPSA) is 77.8 Å². The summed E-state index contributed by atoms with van der Waals surface area (Å²) in [7, 11) is 1.62. The molecule has 1 aliphatic heterocycles. The number of benzene rings is 1. The van der Waals surface area contributed by atoms with E-state index in [9.17, 15) is 9.90 Å². The van der Waals surface area contributed by atoms with Crippen molar-refractivity contribution in [3.05, 3.63) is 70.8 Å². The number of carbonyl (C=O) groups is 1.